The van der Waals surface area contributed by atoms with Gasteiger partial charge in [0.05, 0.1) is 0 Å². The molecule has 2 amide bonds. The van der Waals surface area contributed by atoms with Crippen molar-refractivity contribution in [2.45, 2.75) is 72.4 Å². The molecule has 0 heterocycles. The van der Waals surface area contributed by atoms with E-state index in [0.29, 0.717) is 0 Å². The van der Waals surface area contributed by atoms with E-state index in [1.807, 2.05) is 34.6 Å². The number of rotatable bonds is 3. The van der Waals surface area contributed by atoms with Crippen molar-refractivity contribution in [1.82, 2.24) is 10.6 Å². The van der Waals surface area contributed by atoms with Gasteiger partial charge < -0.3 is 10.6 Å². The van der Waals surface area contributed by atoms with E-state index in [4.69, 9.17) is 0 Å². The van der Waals surface area contributed by atoms with Crippen molar-refractivity contribution >= 4 is 11.8 Å². The molecule has 0 atom stereocenters. The van der Waals surface area contributed by atoms with Gasteiger partial charge in [0.25, 0.3) is 0 Å². The van der Waals surface area contributed by atoms with Crippen molar-refractivity contribution in [3.8, 4) is 0 Å². The van der Waals surface area contributed by atoms with Gasteiger partial charge in [0, 0.05) is 23.4 Å². The predicted molar refractivity (Wildman–Crippen MR) is 76.6 cm³/mol. The number of amides is 2. The number of hydrogen-bond donors (Lipinski definition) is 2. The Balaban J connectivity index is 2.33. The molecule has 4 nitrogen and oxygen atoms in total. The van der Waals surface area contributed by atoms with Crippen molar-refractivity contribution in [2.75, 3.05) is 0 Å². The summed E-state index contributed by atoms with van der Waals surface area (Å²) in [4.78, 5) is 23.5. The standard InChI is InChI=1S/C15H28N2O2/c1-10(2)13(18)16-11-6-8-12(9-7-11)17-14(19)15(3,4)5/h10-12H,6-9H2,1-5H3,(H,16,18)(H,17,19). The van der Waals surface area contributed by atoms with E-state index in [9.17, 15) is 9.59 Å². The molecule has 0 spiro atoms. The Labute approximate surface area is 116 Å². The largest absolute Gasteiger partial charge is 0.353 e. The minimum absolute atomic E-state index is 0.0401. The third-order valence-corrected chi connectivity index (χ3v) is 3.61. The lowest BCUT2D eigenvalue weighted by atomic mass is 9.89. The van der Waals surface area contributed by atoms with E-state index in [2.05, 4.69) is 10.6 Å². The van der Waals surface area contributed by atoms with Crippen LogP contribution in [-0.4, -0.2) is 23.9 Å². The van der Waals surface area contributed by atoms with E-state index in [-0.39, 0.29) is 35.2 Å². The van der Waals surface area contributed by atoms with Crippen molar-refractivity contribution in [3.05, 3.63) is 0 Å². The molecule has 0 aliphatic heterocycles. The number of hydrogen-bond acceptors (Lipinski definition) is 2. The highest BCUT2D eigenvalue weighted by atomic mass is 16.2. The SMILES string of the molecule is CC(C)C(=O)NC1CCC(NC(=O)C(C)(C)C)CC1. The van der Waals surface area contributed by atoms with Crippen LogP contribution in [0.2, 0.25) is 0 Å². The van der Waals surface area contributed by atoms with Crippen molar-refractivity contribution in [1.29, 1.82) is 0 Å². The summed E-state index contributed by atoms with van der Waals surface area (Å²) < 4.78 is 0. The lowest BCUT2D eigenvalue weighted by Gasteiger charge is -2.31. The zero-order chi connectivity index (χ0) is 14.6. The van der Waals surface area contributed by atoms with E-state index in [1.54, 1.807) is 0 Å². The molecule has 0 saturated heterocycles. The summed E-state index contributed by atoms with van der Waals surface area (Å²) in [6, 6.07) is 0.539. The average molecular weight is 268 g/mol. The molecular weight excluding hydrogens is 240 g/mol. The summed E-state index contributed by atoms with van der Waals surface area (Å²) in [5, 5.41) is 6.17. The predicted octanol–water partition coefficient (Wildman–Crippen LogP) is 2.23. The van der Waals surface area contributed by atoms with Crippen LogP contribution < -0.4 is 10.6 Å². The smallest absolute Gasteiger partial charge is 0.225 e. The van der Waals surface area contributed by atoms with E-state index < -0.39 is 0 Å². The first-order valence-electron chi connectivity index (χ1n) is 7.31. The normalized spacial score (nSPS) is 24.1. The Morgan fingerprint density at radius 2 is 1.37 bits per heavy atom. The second kappa shape index (κ2) is 6.40. The van der Waals surface area contributed by atoms with Crippen LogP contribution in [0.25, 0.3) is 0 Å². The summed E-state index contributed by atoms with van der Waals surface area (Å²) >= 11 is 0. The maximum absolute atomic E-state index is 11.9. The highest BCUT2D eigenvalue weighted by molar-refractivity contribution is 5.81. The highest BCUT2D eigenvalue weighted by Crippen LogP contribution is 2.21. The lowest BCUT2D eigenvalue weighted by Crippen LogP contribution is -2.47. The maximum Gasteiger partial charge on any atom is 0.225 e. The number of carbonyl (C=O) groups is 2. The summed E-state index contributed by atoms with van der Waals surface area (Å²) in [5.74, 6) is 0.280. The molecule has 0 radical (unpaired) electrons. The maximum atomic E-state index is 11.9. The van der Waals surface area contributed by atoms with Gasteiger partial charge in [0.2, 0.25) is 11.8 Å². The Kier molecular flexibility index (Phi) is 5.39. The second-order valence-electron chi connectivity index (χ2n) is 6.94. The van der Waals surface area contributed by atoms with Crippen molar-refractivity contribution < 1.29 is 9.59 Å². The molecule has 1 aliphatic rings. The zero-order valence-corrected chi connectivity index (χ0v) is 12.9. The Hall–Kier alpha value is -1.06. The molecule has 0 unspecified atom stereocenters. The Bertz CT molecular complexity index is 324. The van der Waals surface area contributed by atoms with Gasteiger partial charge >= 0.3 is 0 Å². The van der Waals surface area contributed by atoms with Crippen molar-refractivity contribution in [3.63, 3.8) is 0 Å². The fraction of sp³-hybridized carbons (Fsp3) is 0.867. The molecule has 0 aromatic rings. The van der Waals surface area contributed by atoms with Crippen LogP contribution in [0.5, 0.6) is 0 Å². The summed E-state index contributed by atoms with van der Waals surface area (Å²) in [6.07, 6.45) is 3.80. The minimum atomic E-state index is -0.331. The third-order valence-electron chi connectivity index (χ3n) is 3.61. The number of carbonyl (C=O) groups excluding carboxylic acids is 2. The fourth-order valence-corrected chi connectivity index (χ4v) is 2.15. The van der Waals surface area contributed by atoms with E-state index >= 15 is 0 Å². The molecule has 1 fully saturated rings. The monoisotopic (exact) mass is 268 g/mol. The van der Waals surface area contributed by atoms with Gasteiger partial charge in [-0.2, -0.15) is 0 Å². The first-order chi connectivity index (χ1) is 8.70. The molecule has 2 N–H and O–H groups in total. The summed E-state index contributed by atoms with van der Waals surface area (Å²) in [6.45, 7) is 9.60. The van der Waals surface area contributed by atoms with Crippen LogP contribution in [0.4, 0.5) is 0 Å². The molecule has 110 valence electrons. The molecule has 19 heavy (non-hydrogen) atoms. The molecule has 1 aliphatic carbocycles. The lowest BCUT2D eigenvalue weighted by molar-refractivity contribution is -0.130. The number of nitrogens with one attached hydrogen (secondary N) is 2. The van der Waals surface area contributed by atoms with Gasteiger partial charge in [-0.15, -0.1) is 0 Å². The van der Waals surface area contributed by atoms with Crippen LogP contribution in [0.15, 0.2) is 0 Å². The average Bonchev–Trinajstić information content (AvgIpc) is 2.30. The Morgan fingerprint density at radius 1 is 0.947 bits per heavy atom. The van der Waals surface area contributed by atoms with Crippen molar-refractivity contribution in [2.24, 2.45) is 11.3 Å². The van der Waals surface area contributed by atoms with Crippen LogP contribution in [0.3, 0.4) is 0 Å². The molecule has 4 heteroatoms. The van der Waals surface area contributed by atoms with Gasteiger partial charge in [0.1, 0.15) is 0 Å². The van der Waals surface area contributed by atoms with E-state index in [0.717, 1.165) is 25.7 Å². The molecule has 0 aromatic carbocycles. The molecule has 1 rings (SSSR count). The minimum Gasteiger partial charge on any atom is -0.353 e. The van der Waals surface area contributed by atoms with Crippen LogP contribution >= 0.6 is 0 Å². The topological polar surface area (TPSA) is 58.2 Å². The first-order valence-corrected chi connectivity index (χ1v) is 7.31. The first kappa shape index (κ1) is 16.0. The van der Waals surface area contributed by atoms with Crippen LogP contribution in [0, 0.1) is 11.3 Å². The summed E-state index contributed by atoms with van der Waals surface area (Å²) in [5.41, 5.74) is -0.331. The molecule has 0 aromatic heterocycles. The highest BCUT2D eigenvalue weighted by Gasteiger charge is 2.27. The van der Waals surface area contributed by atoms with Gasteiger partial charge in [0.15, 0.2) is 0 Å². The van der Waals surface area contributed by atoms with Gasteiger partial charge in [-0.1, -0.05) is 34.6 Å². The Morgan fingerprint density at radius 3 is 1.74 bits per heavy atom. The van der Waals surface area contributed by atoms with E-state index in [1.165, 1.54) is 0 Å². The molecule has 1 saturated carbocycles. The van der Waals surface area contributed by atoms with Crippen LogP contribution in [0.1, 0.15) is 60.3 Å². The van der Waals surface area contributed by atoms with Gasteiger partial charge in [-0.25, -0.2) is 0 Å². The molecule has 0 bridgehead atoms. The zero-order valence-electron chi connectivity index (χ0n) is 12.9. The third kappa shape index (κ3) is 5.21. The second-order valence-corrected chi connectivity index (χ2v) is 6.94. The quantitative estimate of drug-likeness (QED) is 0.824. The fourth-order valence-electron chi connectivity index (χ4n) is 2.15. The summed E-state index contributed by atoms with van der Waals surface area (Å²) in [7, 11) is 0. The van der Waals surface area contributed by atoms with Crippen LogP contribution in [-0.2, 0) is 9.59 Å². The van der Waals surface area contributed by atoms with Gasteiger partial charge in [-0.3, -0.25) is 9.59 Å². The molecular formula is C15H28N2O2. The van der Waals surface area contributed by atoms with Gasteiger partial charge in [-0.05, 0) is 25.7 Å².